The maximum absolute atomic E-state index is 11.4. The van der Waals surface area contributed by atoms with E-state index in [0.717, 1.165) is 4.90 Å². The molecule has 1 rings (SSSR count). The second-order valence-corrected chi connectivity index (χ2v) is 3.36. The molecule has 5 nitrogen and oxygen atoms in total. The zero-order chi connectivity index (χ0) is 9.52. The van der Waals surface area contributed by atoms with Gasteiger partial charge in [-0.15, -0.1) is 0 Å². The Hall–Kier alpha value is -1.10. The molecule has 3 amide bonds. The van der Waals surface area contributed by atoms with E-state index in [1.807, 2.05) is 0 Å². The van der Waals surface area contributed by atoms with Crippen LogP contribution >= 0.6 is 0 Å². The smallest absolute Gasteiger partial charge is 0.327 e. The molecule has 12 heavy (non-hydrogen) atoms. The summed E-state index contributed by atoms with van der Waals surface area (Å²) in [4.78, 5) is 23.2. The van der Waals surface area contributed by atoms with Gasteiger partial charge in [-0.05, 0) is 20.8 Å². The predicted octanol–water partition coefficient (Wildman–Crippen LogP) is -0.345. The molecule has 0 aromatic heterocycles. The van der Waals surface area contributed by atoms with Gasteiger partial charge in [0.05, 0.1) is 0 Å². The Kier molecular flexibility index (Phi) is 1.83. The number of carbonyl (C=O) groups is 2. The van der Waals surface area contributed by atoms with Crippen molar-refractivity contribution in [1.82, 2.24) is 10.2 Å². The van der Waals surface area contributed by atoms with Gasteiger partial charge in [0, 0.05) is 0 Å². The molecular formula is C7H12N2O3. The van der Waals surface area contributed by atoms with Gasteiger partial charge in [0.15, 0.2) is 0 Å². The Morgan fingerprint density at radius 3 is 2.17 bits per heavy atom. The first-order valence-corrected chi connectivity index (χ1v) is 3.70. The van der Waals surface area contributed by atoms with E-state index in [4.69, 9.17) is 5.11 Å². The third-order valence-electron chi connectivity index (χ3n) is 1.77. The van der Waals surface area contributed by atoms with Crippen LogP contribution < -0.4 is 5.32 Å². The number of aliphatic hydroxyl groups is 1. The van der Waals surface area contributed by atoms with Crippen LogP contribution in [0.25, 0.3) is 0 Å². The highest BCUT2D eigenvalue weighted by Gasteiger charge is 2.45. The average molecular weight is 172 g/mol. The zero-order valence-electron chi connectivity index (χ0n) is 7.29. The van der Waals surface area contributed by atoms with Gasteiger partial charge in [-0.1, -0.05) is 0 Å². The third kappa shape index (κ3) is 1.16. The lowest BCUT2D eigenvalue weighted by Crippen LogP contribution is -2.42. The molecule has 1 atom stereocenters. The van der Waals surface area contributed by atoms with E-state index >= 15 is 0 Å². The average Bonchev–Trinajstić information content (AvgIpc) is 2.02. The number of nitrogens with one attached hydrogen (secondary N) is 1. The number of urea groups is 1. The first-order valence-electron chi connectivity index (χ1n) is 3.70. The zero-order valence-corrected chi connectivity index (χ0v) is 7.29. The third-order valence-corrected chi connectivity index (χ3v) is 1.77. The van der Waals surface area contributed by atoms with Crippen LogP contribution in [0, 0.1) is 0 Å². The standard InChI is InChI=1S/C7H12N2O3/c1-4(10)9-5(11)7(2,3)8-6(9)12/h4,10H,1-3H3,(H,8,12). The molecule has 68 valence electrons. The van der Waals surface area contributed by atoms with Gasteiger partial charge in [0.25, 0.3) is 5.91 Å². The molecule has 1 saturated heterocycles. The number of rotatable bonds is 1. The molecule has 1 unspecified atom stereocenters. The van der Waals surface area contributed by atoms with Crippen LogP contribution in [0.2, 0.25) is 0 Å². The summed E-state index contributed by atoms with van der Waals surface area (Å²) in [6.45, 7) is 4.56. The summed E-state index contributed by atoms with van der Waals surface area (Å²) in [6.07, 6.45) is -1.07. The van der Waals surface area contributed by atoms with Crippen LogP contribution in [-0.2, 0) is 4.79 Å². The van der Waals surface area contributed by atoms with Crippen LogP contribution in [0.4, 0.5) is 4.79 Å². The van der Waals surface area contributed by atoms with Crippen LogP contribution in [0.15, 0.2) is 0 Å². The number of amides is 3. The molecule has 1 aliphatic heterocycles. The van der Waals surface area contributed by atoms with E-state index in [2.05, 4.69) is 5.32 Å². The minimum atomic E-state index is -1.07. The summed E-state index contributed by atoms with van der Waals surface area (Å²) in [6, 6.07) is -0.542. The van der Waals surface area contributed by atoms with Gasteiger partial charge in [-0.3, -0.25) is 4.79 Å². The van der Waals surface area contributed by atoms with E-state index in [1.54, 1.807) is 13.8 Å². The number of imide groups is 1. The van der Waals surface area contributed by atoms with Gasteiger partial charge >= 0.3 is 6.03 Å². The summed E-state index contributed by atoms with van der Waals surface area (Å²) in [5.74, 6) is -0.400. The maximum Gasteiger partial charge on any atom is 0.327 e. The summed E-state index contributed by atoms with van der Waals surface area (Å²) < 4.78 is 0. The van der Waals surface area contributed by atoms with Gasteiger partial charge < -0.3 is 10.4 Å². The lowest BCUT2D eigenvalue weighted by Gasteiger charge is -2.17. The number of aliphatic hydroxyl groups excluding tert-OH is 1. The molecule has 0 radical (unpaired) electrons. The van der Waals surface area contributed by atoms with E-state index in [-0.39, 0.29) is 0 Å². The fourth-order valence-corrected chi connectivity index (χ4v) is 1.11. The molecule has 0 spiro atoms. The molecular weight excluding hydrogens is 160 g/mol. The van der Waals surface area contributed by atoms with Crippen LogP contribution in [0.1, 0.15) is 20.8 Å². The van der Waals surface area contributed by atoms with E-state index in [0.29, 0.717) is 0 Å². The molecule has 5 heteroatoms. The first-order chi connectivity index (χ1) is 5.36. The van der Waals surface area contributed by atoms with Gasteiger partial charge in [0.2, 0.25) is 0 Å². The molecule has 0 saturated carbocycles. The minimum Gasteiger partial charge on any atom is -0.373 e. The molecule has 1 heterocycles. The molecule has 1 fully saturated rings. The monoisotopic (exact) mass is 172 g/mol. The van der Waals surface area contributed by atoms with Crippen molar-refractivity contribution < 1.29 is 14.7 Å². The van der Waals surface area contributed by atoms with E-state index in [1.165, 1.54) is 6.92 Å². The summed E-state index contributed by atoms with van der Waals surface area (Å²) in [5, 5.41) is 11.5. The Morgan fingerprint density at radius 1 is 1.50 bits per heavy atom. The Balaban J connectivity index is 2.93. The molecule has 0 aliphatic carbocycles. The highest BCUT2D eigenvalue weighted by molar-refractivity contribution is 6.06. The highest BCUT2D eigenvalue weighted by Crippen LogP contribution is 2.17. The van der Waals surface area contributed by atoms with Crippen molar-refractivity contribution in [2.75, 3.05) is 0 Å². The molecule has 1 aliphatic rings. The van der Waals surface area contributed by atoms with Crippen molar-refractivity contribution in [3.63, 3.8) is 0 Å². The molecule has 2 N–H and O–H groups in total. The Labute approximate surface area is 70.4 Å². The minimum absolute atomic E-state index is 0.400. The highest BCUT2D eigenvalue weighted by atomic mass is 16.3. The molecule has 0 bridgehead atoms. The van der Waals surface area contributed by atoms with Crippen molar-refractivity contribution in [1.29, 1.82) is 0 Å². The van der Waals surface area contributed by atoms with Crippen molar-refractivity contribution in [3.05, 3.63) is 0 Å². The summed E-state index contributed by atoms with van der Waals surface area (Å²) >= 11 is 0. The topological polar surface area (TPSA) is 69.6 Å². The summed E-state index contributed by atoms with van der Waals surface area (Å²) in [7, 11) is 0. The quantitative estimate of drug-likeness (QED) is 0.531. The SMILES string of the molecule is CC(O)N1C(=O)NC(C)(C)C1=O. The Morgan fingerprint density at radius 2 is 2.00 bits per heavy atom. The van der Waals surface area contributed by atoms with Crippen LogP contribution in [0.3, 0.4) is 0 Å². The van der Waals surface area contributed by atoms with E-state index in [9.17, 15) is 9.59 Å². The lowest BCUT2D eigenvalue weighted by atomic mass is 10.1. The second-order valence-electron chi connectivity index (χ2n) is 3.36. The Bertz CT molecular complexity index is 235. The largest absolute Gasteiger partial charge is 0.373 e. The number of hydrogen-bond donors (Lipinski definition) is 2. The van der Waals surface area contributed by atoms with Crippen molar-refractivity contribution >= 4 is 11.9 Å². The fourth-order valence-electron chi connectivity index (χ4n) is 1.11. The van der Waals surface area contributed by atoms with Crippen molar-refractivity contribution in [2.45, 2.75) is 32.5 Å². The number of carbonyl (C=O) groups excluding carboxylic acids is 2. The number of nitrogens with zero attached hydrogens (tertiary/aromatic N) is 1. The van der Waals surface area contributed by atoms with Crippen LogP contribution in [-0.4, -0.2) is 33.7 Å². The van der Waals surface area contributed by atoms with Gasteiger partial charge in [-0.2, -0.15) is 0 Å². The van der Waals surface area contributed by atoms with E-state index < -0.39 is 23.7 Å². The molecule has 0 aromatic rings. The van der Waals surface area contributed by atoms with Crippen LogP contribution in [0.5, 0.6) is 0 Å². The number of hydrogen-bond acceptors (Lipinski definition) is 3. The first kappa shape index (κ1) is 8.99. The van der Waals surface area contributed by atoms with Crippen molar-refractivity contribution in [2.24, 2.45) is 0 Å². The molecule has 0 aromatic carbocycles. The predicted molar refractivity (Wildman–Crippen MR) is 41.1 cm³/mol. The van der Waals surface area contributed by atoms with Crippen molar-refractivity contribution in [3.8, 4) is 0 Å². The van der Waals surface area contributed by atoms with Gasteiger partial charge in [-0.25, -0.2) is 9.69 Å². The lowest BCUT2D eigenvalue weighted by molar-refractivity contribution is -0.136. The summed E-state index contributed by atoms with van der Waals surface area (Å²) in [5.41, 5.74) is -0.895. The normalized spacial score (nSPS) is 24.2. The fraction of sp³-hybridized carbons (Fsp3) is 0.714. The maximum atomic E-state index is 11.4. The second kappa shape index (κ2) is 2.45. The van der Waals surface area contributed by atoms with Gasteiger partial charge in [0.1, 0.15) is 11.8 Å².